The highest BCUT2D eigenvalue weighted by molar-refractivity contribution is 8.00. The fraction of sp³-hybridized carbons (Fsp3) is 0.455. The Balaban J connectivity index is 2.37. The van der Waals surface area contributed by atoms with Crippen LogP contribution in [0.25, 0.3) is 0 Å². The van der Waals surface area contributed by atoms with Crippen LogP contribution in [0.4, 0.5) is 4.39 Å². The molecule has 1 aromatic rings. The summed E-state index contributed by atoms with van der Waals surface area (Å²) < 4.78 is 13.4. The molecule has 0 fully saturated rings. The number of hydrogen-bond acceptors (Lipinski definition) is 2. The summed E-state index contributed by atoms with van der Waals surface area (Å²) in [6.07, 6.45) is 0. The van der Waals surface area contributed by atoms with Crippen molar-refractivity contribution in [2.45, 2.75) is 23.0 Å². The predicted octanol–water partition coefficient (Wildman–Crippen LogP) is 2.62. The molecule has 0 radical (unpaired) electrons. The molecule has 1 heterocycles. The van der Waals surface area contributed by atoms with Crippen molar-refractivity contribution in [1.82, 2.24) is 5.32 Å². The van der Waals surface area contributed by atoms with E-state index in [0.29, 0.717) is 11.2 Å². The molecule has 1 nitrogen and oxygen atoms in total. The van der Waals surface area contributed by atoms with Gasteiger partial charge in [0.05, 0.1) is 0 Å². The highest BCUT2D eigenvalue weighted by atomic mass is 32.2. The second-order valence-electron chi connectivity index (χ2n) is 3.65. The molecule has 0 bridgehead atoms. The zero-order chi connectivity index (χ0) is 10.1. The minimum absolute atomic E-state index is 0.0713. The lowest BCUT2D eigenvalue weighted by Crippen LogP contribution is -2.21. The molecule has 1 aliphatic rings. The number of thioether (sulfide) groups is 1. The fourth-order valence-electron chi connectivity index (χ4n) is 1.96. The van der Waals surface area contributed by atoms with Crippen molar-refractivity contribution in [3.05, 3.63) is 29.6 Å². The van der Waals surface area contributed by atoms with E-state index in [0.717, 1.165) is 17.0 Å². The zero-order valence-corrected chi connectivity index (χ0v) is 9.20. The quantitative estimate of drug-likeness (QED) is 0.807. The lowest BCUT2D eigenvalue weighted by Gasteiger charge is -2.14. The number of benzene rings is 1. The van der Waals surface area contributed by atoms with Crippen LogP contribution in [0.1, 0.15) is 18.4 Å². The third-order valence-electron chi connectivity index (χ3n) is 2.69. The van der Waals surface area contributed by atoms with Crippen LogP contribution >= 0.6 is 11.8 Å². The summed E-state index contributed by atoms with van der Waals surface area (Å²) in [6.45, 7) is 3.08. The average molecular weight is 211 g/mol. The maximum atomic E-state index is 13.4. The molecule has 2 atom stereocenters. The van der Waals surface area contributed by atoms with Crippen molar-refractivity contribution < 1.29 is 4.39 Å². The summed E-state index contributed by atoms with van der Waals surface area (Å²) in [5, 5.41) is 3.63. The van der Waals surface area contributed by atoms with Gasteiger partial charge in [-0.15, -0.1) is 11.8 Å². The van der Waals surface area contributed by atoms with E-state index in [4.69, 9.17) is 0 Å². The monoisotopic (exact) mass is 211 g/mol. The molecule has 0 saturated heterocycles. The number of likely N-dealkylation sites (N-methyl/N-ethyl adjacent to an activating group) is 1. The molecule has 76 valence electrons. The van der Waals surface area contributed by atoms with Gasteiger partial charge in [-0.3, -0.25) is 0 Å². The van der Waals surface area contributed by atoms with Crippen molar-refractivity contribution in [3.63, 3.8) is 0 Å². The molecule has 14 heavy (non-hydrogen) atoms. The Bertz CT molecular complexity index is 340. The van der Waals surface area contributed by atoms with Crippen molar-refractivity contribution in [3.8, 4) is 0 Å². The predicted molar refractivity (Wildman–Crippen MR) is 58.4 cm³/mol. The Morgan fingerprint density at radius 3 is 3.00 bits per heavy atom. The highest BCUT2D eigenvalue weighted by Gasteiger charge is 2.31. The van der Waals surface area contributed by atoms with Gasteiger partial charge in [-0.1, -0.05) is 19.1 Å². The number of rotatable bonds is 2. The van der Waals surface area contributed by atoms with Gasteiger partial charge in [0.15, 0.2) is 0 Å². The molecule has 0 saturated carbocycles. The van der Waals surface area contributed by atoms with Gasteiger partial charge in [0.2, 0.25) is 0 Å². The lowest BCUT2D eigenvalue weighted by molar-refractivity contribution is 0.585. The molecule has 1 aliphatic heterocycles. The molecule has 3 heteroatoms. The maximum absolute atomic E-state index is 13.4. The second kappa shape index (κ2) is 3.91. The van der Waals surface area contributed by atoms with Gasteiger partial charge < -0.3 is 5.32 Å². The van der Waals surface area contributed by atoms with E-state index >= 15 is 0 Å². The lowest BCUT2D eigenvalue weighted by atomic mass is 9.96. The van der Waals surface area contributed by atoms with E-state index < -0.39 is 0 Å². The normalized spacial score (nSPS) is 25.1. The fourth-order valence-corrected chi connectivity index (χ4v) is 3.27. The Morgan fingerprint density at radius 2 is 2.29 bits per heavy atom. The molecule has 2 rings (SSSR count). The van der Waals surface area contributed by atoms with E-state index in [1.54, 1.807) is 23.9 Å². The second-order valence-corrected chi connectivity index (χ2v) is 5.03. The van der Waals surface area contributed by atoms with E-state index in [9.17, 15) is 4.39 Å². The smallest absolute Gasteiger partial charge is 0.137 e. The van der Waals surface area contributed by atoms with Crippen LogP contribution in [0.5, 0.6) is 0 Å². The van der Waals surface area contributed by atoms with Crippen LogP contribution in [0, 0.1) is 5.82 Å². The standard InChI is InChI=1S/C11H14FNS/c1-7-9(6-13-2)8-4-3-5-10(12)11(8)14-7/h3-5,7,9,13H,6H2,1-2H3. The average Bonchev–Trinajstić information content (AvgIpc) is 2.47. The van der Waals surface area contributed by atoms with E-state index in [1.165, 1.54) is 0 Å². The van der Waals surface area contributed by atoms with Crippen LogP contribution in [-0.4, -0.2) is 18.8 Å². The topological polar surface area (TPSA) is 12.0 Å². The molecule has 0 spiro atoms. The van der Waals surface area contributed by atoms with Crippen molar-refractivity contribution in [2.24, 2.45) is 0 Å². The minimum Gasteiger partial charge on any atom is -0.319 e. The third-order valence-corrected chi connectivity index (χ3v) is 4.06. The Labute approximate surface area is 88.1 Å². The van der Waals surface area contributed by atoms with Crippen LogP contribution in [-0.2, 0) is 0 Å². The number of fused-ring (bicyclic) bond motifs is 1. The first-order chi connectivity index (χ1) is 6.74. The van der Waals surface area contributed by atoms with Crippen LogP contribution in [0.3, 0.4) is 0 Å². The Kier molecular flexibility index (Phi) is 2.79. The molecule has 0 amide bonds. The van der Waals surface area contributed by atoms with E-state index in [2.05, 4.69) is 12.2 Å². The Hall–Kier alpha value is -0.540. The first-order valence-electron chi connectivity index (χ1n) is 4.83. The molecular weight excluding hydrogens is 197 g/mol. The van der Waals surface area contributed by atoms with Gasteiger partial charge >= 0.3 is 0 Å². The van der Waals surface area contributed by atoms with Gasteiger partial charge in [0.25, 0.3) is 0 Å². The maximum Gasteiger partial charge on any atom is 0.137 e. The minimum atomic E-state index is -0.0713. The van der Waals surface area contributed by atoms with Crippen LogP contribution in [0.2, 0.25) is 0 Å². The van der Waals surface area contributed by atoms with Crippen molar-refractivity contribution in [2.75, 3.05) is 13.6 Å². The van der Waals surface area contributed by atoms with Gasteiger partial charge in [-0.05, 0) is 18.7 Å². The van der Waals surface area contributed by atoms with Crippen molar-refractivity contribution in [1.29, 1.82) is 0 Å². The molecule has 1 N–H and O–H groups in total. The summed E-state index contributed by atoms with van der Waals surface area (Å²) in [5.41, 5.74) is 1.16. The van der Waals surface area contributed by atoms with Crippen LogP contribution < -0.4 is 5.32 Å². The summed E-state index contributed by atoms with van der Waals surface area (Å²) in [4.78, 5) is 0.847. The molecule has 0 aromatic heterocycles. The molecule has 2 unspecified atom stereocenters. The highest BCUT2D eigenvalue weighted by Crippen LogP contribution is 2.45. The van der Waals surface area contributed by atoms with Gasteiger partial charge in [0.1, 0.15) is 5.82 Å². The molecular formula is C11H14FNS. The van der Waals surface area contributed by atoms with Gasteiger partial charge in [-0.2, -0.15) is 0 Å². The largest absolute Gasteiger partial charge is 0.319 e. The summed E-state index contributed by atoms with van der Waals surface area (Å²) in [7, 11) is 1.94. The summed E-state index contributed by atoms with van der Waals surface area (Å²) in [5.74, 6) is 0.369. The summed E-state index contributed by atoms with van der Waals surface area (Å²) in [6, 6.07) is 5.38. The number of hydrogen-bond donors (Lipinski definition) is 1. The molecule has 0 aliphatic carbocycles. The third kappa shape index (κ3) is 1.55. The summed E-state index contributed by atoms with van der Waals surface area (Å²) >= 11 is 1.65. The first kappa shape index (κ1) is 9.99. The van der Waals surface area contributed by atoms with E-state index in [-0.39, 0.29) is 5.82 Å². The SMILES string of the molecule is CNCC1c2cccc(F)c2SC1C. The first-order valence-corrected chi connectivity index (χ1v) is 5.71. The Morgan fingerprint density at radius 1 is 1.50 bits per heavy atom. The molecule has 1 aromatic carbocycles. The van der Waals surface area contributed by atoms with Crippen molar-refractivity contribution >= 4 is 11.8 Å². The van der Waals surface area contributed by atoms with Gasteiger partial charge in [0, 0.05) is 22.6 Å². The van der Waals surface area contributed by atoms with Gasteiger partial charge in [-0.25, -0.2) is 4.39 Å². The number of halogens is 1. The zero-order valence-electron chi connectivity index (χ0n) is 8.38. The number of nitrogens with one attached hydrogen (secondary N) is 1. The van der Waals surface area contributed by atoms with Crippen LogP contribution in [0.15, 0.2) is 23.1 Å². The van der Waals surface area contributed by atoms with E-state index in [1.807, 2.05) is 13.1 Å².